The molecular formula is C17H14ClNO4. The third-order valence-corrected chi connectivity index (χ3v) is 3.23. The summed E-state index contributed by atoms with van der Waals surface area (Å²) in [5, 5.41) is 11.7. The normalized spacial score (nSPS) is 10.5. The smallest absolute Gasteiger partial charge is 0.328 e. The molecule has 0 spiro atoms. The van der Waals surface area contributed by atoms with Crippen molar-refractivity contribution < 1.29 is 19.4 Å². The van der Waals surface area contributed by atoms with E-state index in [0.717, 1.165) is 6.08 Å². The maximum absolute atomic E-state index is 12.3. The number of hydrogen-bond donors (Lipinski definition) is 2. The summed E-state index contributed by atoms with van der Waals surface area (Å²) in [6.45, 7) is 0. The highest BCUT2D eigenvalue weighted by Crippen LogP contribution is 2.23. The van der Waals surface area contributed by atoms with Crippen LogP contribution in [0.1, 0.15) is 15.9 Å². The van der Waals surface area contributed by atoms with E-state index in [-0.39, 0.29) is 5.91 Å². The number of carboxylic acid groups (broad SMARTS) is 1. The Hall–Kier alpha value is -2.79. The molecular weight excluding hydrogens is 318 g/mol. The maximum Gasteiger partial charge on any atom is 0.328 e. The molecule has 118 valence electrons. The monoisotopic (exact) mass is 331 g/mol. The average molecular weight is 332 g/mol. The van der Waals surface area contributed by atoms with Gasteiger partial charge in [0, 0.05) is 16.8 Å². The van der Waals surface area contributed by atoms with Crippen molar-refractivity contribution in [3.63, 3.8) is 0 Å². The highest BCUT2D eigenvalue weighted by atomic mass is 35.5. The van der Waals surface area contributed by atoms with Crippen molar-refractivity contribution in [3.8, 4) is 5.75 Å². The van der Waals surface area contributed by atoms with Crippen molar-refractivity contribution in [1.82, 2.24) is 0 Å². The van der Waals surface area contributed by atoms with Crippen molar-refractivity contribution in [2.75, 3.05) is 12.4 Å². The van der Waals surface area contributed by atoms with Crippen LogP contribution in [0.4, 0.5) is 5.69 Å². The van der Waals surface area contributed by atoms with Gasteiger partial charge in [-0.3, -0.25) is 4.79 Å². The third-order valence-electron chi connectivity index (χ3n) is 2.99. The number of ether oxygens (including phenoxy) is 1. The Morgan fingerprint density at radius 3 is 2.48 bits per heavy atom. The molecule has 2 rings (SSSR count). The van der Waals surface area contributed by atoms with E-state index in [9.17, 15) is 9.59 Å². The molecule has 0 heterocycles. The summed E-state index contributed by atoms with van der Waals surface area (Å²) in [5.74, 6) is -0.943. The number of hydrogen-bond acceptors (Lipinski definition) is 3. The summed E-state index contributed by atoms with van der Waals surface area (Å²) in [4.78, 5) is 22.8. The highest BCUT2D eigenvalue weighted by Gasteiger charge is 2.13. The molecule has 23 heavy (non-hydrogen) atoms. The van der Waals surface area contributed by atoms with Gasteiger partial charge >= 0.3 is 5.97 Å². The molecule has 0 fully saturated rings. The number of nitrogens with one attached hydrogen (secondary N) is 1. The second kappa shape index (κ2) is 7.47. The molecule has 1 amide bonds. The number of methoxy groups -OCH3 is 1. The lowest BCUT2D eigenvalue weighted by Crippen LogP contribution is -2.13. The van der Waals surface area contributed by atoms with Crippen molar-refractivity contribution in [2.24, 2.45) is 0 Å². The summed E-state index contributed by atoms with van der Waals surface area (Å²) in [6, 6.07) is 11.5. The Bertz CT molecular complexity index is 754. The molecule has 0 bridgehead atoms. The Labute approximate surface area is 138 Å². The largest absolute Gasteiger partial charge is 0.496 e. The minimum Gasteiger partial charge on any atom is -0.496 e. The molecule has 2 aromatic carbocycles. The number of rotatable bonds is 5. The first kappa shape index (κ1) is 16.6. The van der Waals surface area contributed by atoms with Crippen LogP contribution in [-0.2, 0) is 4.79 Å². The zero-order valence-corrected chi connectivity index (χ0v) is 13.0. The number of carboxylic acids is 1. The predicted octanol–water partition coefficient (Wildman–Crippen LogP) is 3.70. The van der Waals surface area contributed by atoms with Gasteiger partial charge in [0.05, 0.1) is 12.7 Å². The quantitative estimate of drug-likeness (QED) is 0.819. The van der Waals surface area contributed by atoms with E-state index in [2.05, 4.69) is 5.32 Å². The fourth-order valence-corrected chi connectivity index (χ4v) is 2.07. The predicted molar refractivity (Wildman–Crippen MR) is 89.1 cm³/mol. The van der Waals surface area contributed by atoms with Crippen LogP contribution in [0.15, 0.2) is 48.5 Å². The maximum atomic E-state index is 12.3. The number of aliphatic carboxylic acids is 1. The summed E-state index contributed by atoms with van der Waals surface area (Å²) < 4.78 is 5.15. The fraction of sp³-hybridized carbons (Fsp3) is 0.0588. The number of benzene rings is 2. The van der Waals surface area contributed by atoms with E-state index < -0.39 is 5.97 Å². The molecule has 2 N–H and O–H groups in total. The van der Waals surface area contributed by atoms with Gasteiger partial charge in [-0.1, -0.05) is 23.7 Å². The lowest BCUT2D eigenvalue weighted by Gasteiger charge is -2.10. The highest BCUT2D eigenvalue weighted by molar-refractivity contribution is 6.31. The van der Waals surface area contributed by atoms with Crippen LogP contribution in [-0.4, -0.2) is 24.1 Å². The van der Waals surface area contributed by atoms with Crippen LogP contribution < -0.4 is 10.1 Å². The molecule has 2 aromatic rings. The summed E-state index contributed by atoms with van der Waals surface area (Å²) in [5.41, 5.74) is 1.62. The van der Waals surface area contributed by atoms with Crippen LogP contribution in [0, 0.1) is 0 Å². The van der Waals surface area contributed by atoms with E-state index in [0.29, 0.717) is 27.6 Å². The number of carbonyl (C=O) groups excluding carboxylic acids is 1. The standard InChI is InChI=1S/C17H14ClNO4/c1-23-15-8-5-12(18)10-14(15)17(22)19-13-6-2-11(3-7-13)4-9-16(20)21/h2-10H,1H3,(H,19,22)(H,20,21)/b9-4+. The van der Waals surface area contributed by atoms with E-state index in [1.165, 1.54) is 19.3 Å². The summed E-state index contributed by atoms with van der Waals surface area (Å²) in [6.07, 6.45) is 2.51. The van der Waals surface area contributed by atoms with Gasteiger partial charge < -0.3 is 15.2 Å². The van der Waals surface area contributed by atoms with Crippen LogP contribution in [0.2, 0.25) is 5.02 Å². The van der Waals surface area contributed by atoms with Gasteiger partial charge in [0.2, 0.25) is 0 Å². The van der Waals surface area contributed by atoms with Gasteiger partial charge in [0.15, 0.2) is 0 Å². The molecule has 0 aromatic heterocycles. The van der Waals surface area contributed by atoms with Gasteiger partial charge in [-0.05, 0) is 42.0 Å². The minimum absolute atomic E-state index is 0.329. The van der Waals surface area contributed by atoms with Gasteiger partial charge in [-0.15, -0.1) is 0 Å². The third kappa shape index (κ3) is 4.59. The molecule has 6 heteroatoms. The van der Waals surface area contributed by atoms with Crippen molar-refractivity contribution in [1.29, 1.82) is 0 Å². The van der Waals surface area contributed by atoms with Crippen molar-refractivity contribution in [3.05, 3.63) is 64.7 Å². The Kier molecular flexibility index (Phi) is 5.38. The molecule has 0 aliphatic rings. The molecule has 5 nitrogen and oxygen atoms in total. The lowest BCUT2D eigenvalue weighted by atomic mass is 10.1. The average Bonchev–Trinajstić information content (AvgIpc) is 2.54. The molecule has 0 saturated heterocycles. The first-order valence-electron chi connectivity index (χ1n) is 6.65. The first-order valence-corrected chi connectivity index (χ1v) is 7.03. The fourth-order valence-electron chi connectivity index (χ4n) is 1.90. The SMILES string of the molecule is COc1ccc(Cl)cc1C(=O)Nc1ccc(/C=C/C(=O)O)cc1. The van der Waals surface area contributed by atoms with Gasteiger partial charge in [-0.2, -0.15) is 0 Å². The van der Waals surface area contributed by atoms with Crippen molar-refractivity contribution in [2.45, 2.75) is 0 Å². The van der Waals surface area contributed by atoms with Crippen LogP contribution in [0.3, 0.4) is 0 Å². The van der Waals surface area contributed by atoms with Gasteiger partial charge in [0.1, 0.15) is 5.75 Å². The number of amides is 1. The minimum atomic E-state index is -1.02. The first-order chi connectivity index (χ1) is 11.0. The zero-order chi connectivity index (χ0) is 16.8. The van der Waals surface area contributed by atoms with Crippen LogP contribution in [0.5, 0.6) is 5.75 Å². The summed E-state index contributed by atoms with van der Waals surface area (Å²) >= 11 is 5.91. The second-order valence-electron chi connectivity index (χ2n) is 4.59. The topological polar surface area (TPSA) is 75.6 Å². The van der Waals surface area contributed by atoms with Gasteiger partial charge in [-0.25, -0.2) is 4.79 Å². The molecule has 0 unspecified atom stereocenters. The molecule has 0 radical (unpaired) electrons. The van der Waals surface area contributed by atoms with E-state index in [4.69, 9.17) is 21.4 Å². The number of anilines is 1. The number of halogens is 1. The molecule has 0 aliphatic heterocycles. The molecule has 0 atom stereocenters. The van der Waals surface area contributed by atoms with E-state index in [1.807, 2.05) is 0 Å². The van der Waals surface area contributed by atoms with Crippen molar-refractivity contribution >= 4 is 35.2 Å². The number of carbonyl (C=O) groups is 2. The van der Waals surface area contributed by atoms with Crippen LogP contribution in [0.25, 0.3) is 6.08 Å². The van der Waals surface area contributed by atoms with Gasteiger partial charge in [0.25, 0.3) is 5.91 Å². The second-order valence-corrected chi connectivity index (χ2v) is 5.03. The lowest BCUT2D eigenvalue weighted by molar-refractivity contribution is -0.131. The Morgan fingerprint density at radius 1 is 1.17 bits per heavy atom. The summed E-state index contributed by atoms with van der Waals surface area (Å²) in [7, 11) is 1.48. The van der Waals surface area contributed by atoms with E-state index >= 15 is 0 Å². The Balaban J connectivity index is 2.14. The Morgan fingerprint density at radius 2 is 1.87 bits per heavy atom. The van der Waals surface area contributed by atoms with E-state index in [1.54, 1.807) is 36.4 Å². The zero-order valence-electron chi connectivity index (χ0n) is 12.2. The molecule has 0 saturated carbocycles. The molecule has 0 aliphatic carbocycles. The van der Waals surface area contributed by atoms with Crippen LogP contribution >= 0.6 is 11.6 Å².